The number of rotatable bonds is 8. The van der Waals surface area contributed by atoms with Crippen LogP contribution in [-0.4, -0.2) is 48.2 Å². The molecule has 1 unspecified atom stereocenters. The molecule has 1 aliphatic rings. The zero-order valence-corrected chi connectivity index (χ0v) is 19.6. The third-order valence-corrected chi connectivity index (χ3v) is 6.10. The number of aromatic nitrogens is 2. The smallest absolute Gasteiger partial charge is 0.261 e. The van der Waals surface area contributed by atoms with Crippen molar-refractivity contribution in [3.63, 3.8) is 0 Å². The number of fused-ring (bicyclic) bond motifs is 1. The first-order chi connectivity index (χ1) is 16.0. The van der Waals surface area contributed by atoms with Crippen LogP contribution in [0.1, 0.15) is 39.0 Å². The molecule has 1 atom stereocenters. The highest BCUT2D eigenvalue weighted by Gasteiger charge is 2.26. The van der Waals surface area contributed by atoms with Gasteiger partial charge in [0, 0.05) is 31.6 Å². The van der Waals surface area contributed by atoms with Crippen molar-refractivity contribution in [3.8, 4) is 5.75 Å². The van der Waals surface area contributed by atoms with Gasteiger partial charge in [0.2, 0.25) is 5.95 Å². The highest BCUT2D eigenvalue weighted by atomic mass is 16.5. The minimum Gasteiger partial charge on any atom is -0.481 e. The van der Waals surface area contributed by atoms with Crippen LogP contribution in [0.4, 0.5) is 11.8 Å². The molecule has 1 heterocycles. The Hall–Kier alpha value is -3.35. The minimum atomic E-state index is -0.473. The van der Waals surface area contributed by atoms with E-state index in [1.807, 2.05) is 80.5 Å². The average Bonchev–Trinajstić information content (AvgIpc) is 2.83. The first-order valence-electron chi connectivity index (χ1n) is 11.8. The van der Waals surface area contributed by atoms with E-state index in [2.05, 4.69) is 10.6 Å². The van der Waals surface area contributed by atoms with Gasteiger partial charge < -0.3 is 20.3 Å². The number of anilines is 2. The third-order valence-electron chi connectivity index (χ3n) is 6.10. The molecule has 1 aromatic heterocycles. The SMILES string of the molecule is CCC(Oc1ccccc1)C(=O)N[C@H]1CC[C@@H](Nc2nc(N(C)C)c3ccccc3n2)CC1. The molecule has 0 spiro atoms. The Labute approximate surface area is 195 Å². The van der Waals surface area contributed by atoms with E-state index < -0.39 is 6.10 Å². The van der Waals surface area contributed by atoms with Crippen LogP contribution in [0.3, 0.4) is 0 Å². The zero-order valence-electron chi connectivity index (χ0n) is 19.6. The van der Waals surface area contributed by atoms with Gasteiger partial charge in [-0.25, -0.2) is 4.98 Å². The number of nitrogens with zero attached hydrogens (tertiary/aromatic N) is 3. The van der Waals surface area contributed by atoms with Gasteiger partial charge in [-0.3, -0.25) is 4.79 Å². The predicted molar refractivity (Wildman–Crippen MR) is 133 cm³/mol. The van der Waals surface area contributed by atoms with Gasteiger partial charge >= 0.3 is 0 Å². The second-order valence-electron chi connectivity index (χ2n) is 8.81. The molecule has 7 heteroatoms. The second-order valence-corrected chi connectivity index (χ2v) is 8.81. The number of carbonyl (C=O) groups excluding carboxylic acids is 1. The van der Waals surface area contributed by atoms with E-state index in [-0.39, 0.29) is 18.0 Å². The lowest BCUT2D eigenvalue weighted by Crippen LogP contribution is -2.46. The van der Waals surface area contributed by atoms with Crippen molar-refractivity contribution in [1.29, 1.82) is 0 Å². The van der Waals surface area contributed by atoms with Crippen LogP contribution in [0, 0.1) is 0 Å². The molecule has 2 aromatic carbocycles. The summed E-state index contributed by atoms with van der Waals surface area (Å²) in [7, 11) is 4.00. The molecule has 1 aliphatic carbocycles. The van der Waals surface area contributed by atoms with E-state index in [0.29, 0.717) is 12.4 Å². The van der Waals surface area contributed by atoms with Crippen molar-refractivity contribution >= 4 is 28.6 Å². The Morgan fingerprint density at radius 3 is 2.36 bits per heavy atom. The average molecular weight is 448 g/mol. The molecule has 33 heavy (non-hydrogen) atoms. The fourth-order valence-corrected chi connectivity index (χ4v) is 4.31. The van der Waals surface area contributed by atoms with Gasteiger partial charge in [-0.15, -0.1) is 0 Å². The highest BCUT2D eigenvalue weighted by Crippen LogP contribution is 2.26. The van der Waals surface area contributed by atoms with E-state index in [1.165, 1.54) is 0 Å². The first kappa shape index (κ1) is 22.8. The van der Waals surface area contributed by atoms with Crippen molar-refractivity contribution in [2.24, 2.45) is 0 Å². The van der Waals surface area contributed by atoms with E-state index in [1.54, 1.807) is 0 Å². The van der Waals surface area contributed by atoms with Crippen molar-refractivity contribution in [1.82, 2.24) is 15.3 Å². The summed E-state index contributed by atoms with van der Waals surface area (Å²) in [5, 5.41) is 7.76. The quantitative estimate of drug-likeness (QED) is 0.533. The lowest BCUT2D eigenvalue weighted by Gasteiger charge is -2.31. The highest BCUT2D eigenvalue weighted by molar-refractivity contribution is 5.90. The van der Waals surface area contributed by atoms with E-state index >= 15 is 0 Å². The number of carbonyl (C=O) groups is 1. The molecule has 1 fully saturated rings. The molecule has 1 saturated carbocycles. The number of benzene rings is 2. The number of ether oxygens (including phenoxy) is 1. The Morgan fingerprint density at radius 2 is 1.67 bits per heavy atom. The molecule has 0 bridgehead atoms. The number of nitrogens with one attached hydrogen (secondary N) is 2. The minimum absolute atomic E-state index is 0.0359. The summed E-state index contributed by atoms with van der Waals surface area (Å²) in [4.78, 5) is 24.3. The van der Waals surface area contributed by atoms with Gasteiger partial charge in [-0.2, -0.15) is 4.98 Å². The van der Waals surface area contributed by atoms with Gasteiger partial charge in [0.05, 0.1) is 5.52 Å². The molecule has 2 N–H and O–H groups in total. The fraction of sp³-hybridized carbons (Fsp3) is 0.423. The van der Waals surface area contributed by atoms with Crippen LogP contribution < -0.4 is 20.3 Å². The van der Waals surface area contributed by atoms with Gasteiger partial charge in [0.1, 0.15) is 11.6 Å². The lowest BCUT2D eigenvalue weighted by atomic mass is 9.91. The summed E-state index contributed by atoms with van der Waals surface area (Å²) in [6.45, 7) is 1.97. The standard InChI is InChI=1S/C26H33N5O2/c1-4-23(33-20-10-6-5-7-11-20)25(32)27-18-14-16-19(17-15-18)28-26-29-22-13-9-8-12-21(22)24(30-26)31(2)3/h5-13,18-19,23H,4,14-17H2,1-3H3,(H,27,32)(H,28,29,30)/t18-,19+,23?. The van der Waals surface area contributed by atoms with Crippen molar-refractivity contribution in [2.75, 3.05) is 24.3 Å². The maximum absolute atomic E-state index is 12.8. The van der Waals surface area contributed by atoms with Crippen LogP contribution in [0.25, 0.3) is 10.9 Å². The molecular weight excluding hydrogens is 414 g/mol. The summed E-state index contributed by atoms with van der Waals surface area (Å²) in [5.74, 6) is 2.26. The number of amides is 1. The fourth-order valence-electron chi connectivity index (χ4n) is 4.31. The topological polar surface area (TPSA) is 79.4 Å². The van der Waals surface area contributed by atoms with Gasteiger partial charge in [-0.05, 0) is 56.4 Å². The lowest BCUT2D eigenvalue weighted by molar-refractivity contribution is -0.129. The maximum atomic E-state index is 12.8. The molecule has 0 saturated heterocycles. The number of hydrogen-bond donors (Lipinski definition) is 2. The molecule has 4 rings (SSSR count). The summed E-state index contributed by atoms with van der Waals surface area (Å²) < 4.78 is 5.89. The molecule has 0 radical (unpaired) electrons. The molecule has 7 nitrogen and oxygen atoms in total. The number of para-hydroxylation sites is 2. The van der Waals surface area contributed by atoms with Gasteiger partial charge in [-0.1, -0.05) is 37.3 Å². The molecule has 1 amide bonds. The molecule has 3 aromatic rings. The monoisotopic (exact) mass is 447 g/mol. The predicted octanol–water partition coefficient (Wildman–Crippen LogP) is 4.39. The second kappa shape index (κ2) is 10.5. The van der Waals surface area contributed by atoms with Gasteiger partial charge in [0.25, 0.3) is 5.91 Å². The van der Waals surface area contributed by atoms with Crippen LogP contribution in [0.15, 0.2) is 54.6 Å². The van der Waals surface area contributed by atoms with E-state index in [0.717, 1.165) is 48.2 Å². The van der Waals surface area contributed by atoms with E-state index in [9.17, 15) is 4.79 Å². The molecule has 174 valence electrons. The maximum Gasteiger partial charge on any atom is 0.261 e. The molecule has 0 aliphatic heterocycles. The third kappa shape index (κ3) is 5.72. The van der Waals surface area contributed by atoms with Crippen molar-refractivity contribution in [3.05, 3.63) is 54.6 Å². The van der Waals surface area contributed by atoms with Gasteiger partial charge in [0.15, 0.2) is 6.10 Å². The zero-order chi connectivity index (χ0) is 23.2. The summed E-state index contributed by atoms with van der Waals surface area (Å²) in [6, 6.07) is 18.0. The number of hydrogen-bond acceptors (Lipinski definition) is 6. The normalized spacial score (nSPS) is 19.0. The summed E-state index contributed by atoms with van der Waals surface area (Å²) >= 11 is 0. The van der Waals surface area contributed by atoms with Crippen LogP contribution in [-0.2, 0) is 4.79 Å². The Morgan fingerprint density at radius 1 is 1.00 bits per heavy atom. The van der Waals surface area contributed by atoms with Crippen LogP contribution in [0.5, 0.6) is 5.75 Å². The first-order valence-corrected chi connectivity index (χ1v) is 11.8. The van der Waals surface area contributed by atoms with Crippen LogP contribution in [0.2, 0.25) is 0 Å². The summed E-state index contributed by atoms with van der Waals surface area (Å²) in [6.07, 6.45) is 3.89. The van der Waals surface area contributed by atoms with Crippen LogP contribution >= 0.6 is 0 Å². The summed E-state index contributed by atoms with van der Waals surface area (Å²) in [5.41, 5.74) is 0.934. The Kier molecular flexibility index (Phi) is 7.27. The van der Waals surface area contributed by atoms with E-state index in [4.69, 9.17) is 14.7 Å². The van der Waals surface area contributed by atoms with Crippen molar-refractivity contribution in [2.45, 2.75) is 57.2 Å². The van der Waals surface area contributed by atoms with Crippen molar-refractivity contribution < 1.29 is 9.53 Å². The largest absolute Gasteiger partial charge is 0.481 e. The Bertz CT molecular complexity index is 1060. The Balaban J connectivity index is 1.32. The molecular formula is C26H33N5O2.